The van der Waals surface area contributed by atoms with Crippen LogP contribution in [0.1, 0.15) is 30.7 Å². The van der Waals surface area contributed by atoms with Gasteiger partial charge in [-0.15, -0.1) is 11.3 Å². The molecule has 24 heavy (non-hydrogen) atoms. The molecule has 0 aromatic carbocycles. The Labute approximate surface area is 148 Å². The van der Waals surface area contributed by atoms with Gasteiger partial charge in [0.15, 0.2) is 0 Å². The second-order valence-corrected chi connectivity index (χ2v) is 8.20. The van der Waals surface area contributed by atoms with E-state index in [4.69, 9.17) is 0 Å². The monoisotopic (exact) mass is 364 g/mol. The number of carbonyl (C=O) groups excluding carboxylic acids is 2. The number of aromatic nitrogens is 2. The number of imide groups is 1. The van der Waals surface area contributed by atoms with Gasteiger partial charge in [0.05, 0.1) is 5.75 Å². The van der Waals surface area contributed by atoms with Crippen LogP contribution in [-0.2, 0) is 17.6 Å². The molecular weight excluding hydrogens is 344 g/mol. The molecule has 1 aliphatic carbocycles. The van der Waals surface area contributed by atoms with Crippen LogP contribution in [0.15, 0.2) is 11.4 Å². The maximum Gasteiger partial charge on any atom is 0.321 e. The van der Waals surface area contributed by atoms with Gasteiger partial charge in [0, 0.05) is 16.8 Å². The number of thioether (sulfide) groups is 1. The van der Waals surface area contributed by atoms with E-state index in [1.165, 1.54) is 28.6 Å². The summed E-state index contributed by atoms with van der Waals surface area (Å²) in [5.41, 5.74) is 1.34. The van der Waals surface area contributed by atoms with Crippen molar-refractivity contribution in [3.63, 3.8) is 0 Å². The minimum absolute atomic E-state index is 0.159. The van der Waals surface area contributed by atoms with Gasteiger partial charge in [-0.1, -0.05) is 25.6 Å². The number of hydrogen-bond acceptors (Lipinski definition) is 6. The van der Waals surface area contributed by atoms with Crippen LogP contribution in [0.5, 0.6) is 0 Å². The van der Waals surface area contributed by atoms with Crippen LogP contribution >= 0.6 is 23.1 Å². The van der Waals surface area contributed by atoms with E-state index in [-0.39, 0.29) is 11.7 Å². The summed E-state index contributed by atoms with van der Waals surface area (Å²) in [5.74, 6) is 0.182. The van der Waals surface area contributed by atoms with Crippen molar-refractivity contribution in [2.45, 2.75) is 38.1 Å². The highest BCUT2D eigenvalue weighted by Gasteiger charge is 2.21. The van der Waals surface area contributed by atoms with Crippen molar-refractivity contribution in [3.8, 4) is 0 Å². The van der Waals surface area contributed by atoms with Crippen LogP contribution in [-0.4, -0.2) is 34.2 Å². The van der Waals surface area contributed by atoms with E-state index >= 15 is 0 Å². The van der Waals surface area contributed by atoms with Gasteiger partial charge in [-0.2, -0.15) is 0 Å². The Bertz CT molecular complexity index is 773. The van der Waals surface area contributed by atoms with Crippen molar-refractivity contribution >= 4 is 45.3 Å². The third kappa shape index (κ3) is 3.87. The number of nitrogens with one attached hydrogen (secondary N) is 2. The third-order valence-corrected chi connectivity index (χ3v) is 5.92. The van der Waals surface area contributed by atoms with Crippen molar-refractivity contribution in [1.29, 1.82) is 0 Å². The number of thiophene rings is 1. The summed E-state index contributed by atoms with van der Waals surface area (Å²) in [4.78, 5) is 34.6. The Morgan fingerprint density at radius 3 is 2.96 bits per heavy atom. The molecule has 8 heteroatoms. The summed E-state index contributed by atoms with van der Waals surface area (Å²) < 4.78 is 0. The number of rotatable bonds is 5. The number of urea groups is 1. The molecule has 0 fully saturated rings. The molecule has 2 N–H and O–H groups in total. The third-order valence-electron chi connectivity index (χ3n) is 3.73. The topological polar surface area (TPSA) is 84.0 Å². The molecule has 128 valence electrons. The molecule has 2 aromatic rings. The van der Waals surface area contributed by atoms with Crippen molar-refractivity contribution in [2.24, 2.45) is 5.92 Å². The van der Waals surface area contributed by atoms with E-state index in [0.717, 1.165) is 28.1 Å². The minimum Gasteiger partial charge on any atom is -0.338 e. The average Bonchev–Trinajstić information content (AvgIpc) is 3.11. The summed E-state index contributed by atoms with van der Waals surface area (Å²) in [6.07, 6.45) is 4.88. The van der Waals surface area contributed by atoms with Gasteiger partial charge >= 0.3 is 6.03 Å². The quantitative estimate of drug-likeness (QED) is 0.629. The molecule has 0 unspecified atom stereocenters. The van der Waals surface area contributed by atoms with Crippen molar-refractivity contribution in [3.05, 3.63) is 16.8 Å². The van der Waals surface area contributed by atoms with Gasteiger partial charge < -0.3 is 5.32 Å². The Morgan fingerprint density at radius 2 is 2.17 bits per heavy atom. The largest absolute Gasteiger partial charge is 0.338 e. The number of aryl methyl sites for hydroxylation is 2. The van der Waals surface area contributed by atoms with Gasteiger partial charge in [-0.05, 0) is 30.7 Å². The Balaban J connectivity index is 1.62. The van der Waals surface area contributed by atoms with E-state index in [2.05, 4.69) is 20.6 Å². The van der Waals surface area contributed by atoms with Gasteiger partial charge in [0.1, 0.15) is 16.2 Å². The SMILES string of the molecule is CC(C)CNC(=O)NC(=O)CSc1ncnc2sc3c(c12)CCC3. The first-order chi connectivity index (χ1) is 11.5. The lowest BCUT2D eigenvalue weighted by Gasteiger charge is -2.08. The average molecular weight is 364 g/mol. The first-order valence-corrected chi connectivity index (χ1v) is 9.80. The van der Waals surface area contributed by atoms with Crippen molar-refractivity contribution < 1.29 is 9.59 Å². The zero-order chi connectivity index (χ0) is 17.1. The molecular formula is C16H20N4O2S2. The zero-order valence-electron chi connectivity index (χ0n) is 13.7. The van der Waals surface area contributed by atoms with E-state index in [1.807, 2.05) is 13.8 Å². The number of nitrogens with zero attached hydrogens (tertiary/aromatic N) is 2. The number of carbonyl (C=O) groups is 2. The predicted molar refractivity (Wildman–Crippen MR) is 96.5 cm³/mol. The van der Waals surface area contributed by atoms with Crippen LogP contribution in [0.3, 0.4) is 0 Å². The minimum atomic E-state index is -0.446. The maximum atomic E-state index is 11.9. The highest BCUT2D eigenvalue weighted by molar-refractivity contribution is 8.00. The van der Waals surface area contributed by atoms with E-state index in [1.54, 1.807) is 17.7 Å². The lowest BCUT2D eigenvalue weighted by atomic mass is 10.2. The molecule has 0 atom stereocenters. The van der Waals surface area contributed by atoms with Crippen LogP contribution in [0.4, 0.5) is 4.79 Å². The molecule has 0 aliphatic heterocycles. The summed E-state index contributed by atoms with van der Waals surface area (Å²) in [6.45, 7) is 4.54. The Morgan fingerprint density at radius 1 is 1.33 bits per heavy atom. The summed E-state index contributed by atoms with van der Waals surface area (Å²) in [5, 5.41) is 6.94. The molecule has 3 amide bonds. The predicted octanol–water partition coefficient (Wildman–Crippen LogP) is 2.75. The molecule has 0 bridgehead atoms. The standard InChI is InChI=1S/C16H20N4O2S2/c1-9(2)6-17-16(22)20-12(21)7-23-14-13-10-4-3-5-11(10)24-15(13)19-8-18-14/h8-9H,3-7H2,1-2H3,(H2,17,20,21,22). The summed E-state index contributed by atoms with van der Waals surface area (Å²) >= 11 is 3.08. The first-order valence-electron chi connectivity index (χ1n) is 8.00. The van der Waals surface area contributed by atoms with Gasteiger partial charge in [-0.3, -0.25) is 10.1 Å². The van der Waals surface area contributed by atoms with E-state index in [0.29, 0.717) is 12.5 Å². The second-order valence-electron chi connectivity index (χ2n) is 6.16. The second kappa shape index (κ2) is 7.48. The van der Waals surface area contributed by atoms with Gasteiger partial charge in [0.2, 0.25) is 5.91 Å². The molecule has 0 saturated heterocycles. The molecule has 2 heterocycles. The molecule has 0 spiro atoms. The number of amides is 3. The molecule has 0 radical (unpaired) electrons. The first kappa shape index (κ1) is 17.2. The molecule has 1 aliphatic rings. The highest BCUT2D eigenvalue weighted by atomic mass is 32.2. The molecule has 6 nitrogen and oxygen atoms in total. The van der Waals surface area contributed by atoms with Crippen molar-refractivity contribution in [2.75, 3.05) is 12.3 Å². The maximum absolute atomic E-state index is 11.9. The van der Waals surface area contributed by atoms with Gasteiger partial charge in [0.25, 0.3) is 0 Å². The Hall–Kier alpha value is -1.67. The number of hydrogen-bond donors (Lipinski definition) is 2. The molecule has 3 rings (SSSR count). The lowest BCUT2D eigenvalue weighted by Crippen LogP contribution is -2.41. The van der Waals surface area contributed by atoms with E-state index in [9.17, 15) is 9.59 Å². The normalized spacial score (nSPS) is 13.3. The van der Waals surface area contributed by atoms with Gasteiger partial charge in [-0.25, -0.2) is 14.8 Å². The van der Waals surface area contributed by atoms with Crippen LogP contribution in [0.2, 0.25) is 0 Å². The van der Waals surface area contributed by atoms with Crippen LogP contribution < -0.4 is 10.6 Å². The Kier molecular flexibility index (Phi) is 5.35. The highest BCUT2D eigenvalue weighted by Crippen LogP contribution is 2.39. The summed E-state index contributed by atoms with van der Waals surface area (Å²) in [6, 6.07) is -0.446. The smallest absolute Gasteiger partial charge is 0.321 e. The molecule has 0 saturated carbocycles. The molecule has 2 aromatic heterocycles. The zero-order valence-corrected chi connectivity index (χ0v) is 15.4. The van der Waals surface area contributed by atoms with Crippen molar-refractivity contribution in [1.82, 2.24) is 20.6 Å². The fourth-order valence-electron chi connectivity index (χ4n) is 2.65. The fourth-order valence-corrected chi connectivity index (χ4v) is 4.77. The van der Waals surface area contributed by atoms with Crippen LogP contribution in [0, 0.1) is 5.92 Å². The summed E-state index contributed by atoms with van der Waals surface area (Å²) in [7, 11) is 0. The lowest BCUT2D eigenvalue weighted by molar-refractivity contribution is -0.117. The van der Waals surface area contributed by atoms with E-state index < -0.39 is 6.03 Å². The number of fused-ring (bicyclic) bond motifs is 3. The van der Waals surface area contributed by atoms with Crippen LogP contribution in [0.25, 0.3) is 10.2 Å². The fraction of sp³-hybridized carbons (Fsp3) is 0.500.